The van der Waals surface area contributed by atoms with Crippen LogP contribution in [0.1, 0.15) is 15.9 Å². The first kappa shape index (κ1) is 13.8. The first-order valence-electron chi connectivity index (χ1n) is 5.50. The van der Waals surface area contributed by atoms with E-state index in [1.807, 2.05) is 0 Å². The number of anilines is 1. The van der Waals surface area contributed by atoms with Gasteiger partial charge in [-0.2, -0.15) is 0 Å². The summed E-state index contributed by atoms with van der Waals surface area (Å²) in [5.41, 5.74) is 1.27. The van der Waals surface area contributed by atoms with Crippen LogP contribution in [-0.2, 0) is 0 Å². The summed E-state index contributed by atoms with van der Waals surface area (Å²) in [6.45, 7) is 1.65. The number of amides is 1. The maximum atomic E-state index is 13.4. The van der Waals surface area contributed by atoms with E-state index in [0.717, 1.165) is 0 Å². The van der Waals surface area contributed by atoms with E-state index >= 15 is 0 Å². The van der Waals surface area contributed by atoms with Gasteiger partial charge in [-0.25, -0.2) is 4.39 Å². The van der Waals surface area contributed by atoms with E-state index in [1.54, 1.807) is 25.1 Å². The molecule has 0 saturated carbocycles. The number of carbonyl (C=O) groups excluding carboxylic acids is 1. The molecule has 0 saturated heterocycles. The van der Waals surface area contributed by atoms with Crippen molar-refractivity contribution < 1.29 is 9.18 Å². The predicted octanol–water partition coefficient (Wildman–Crippen LogP) is 4.69. The maximum Gasteiger partial charge on any atom is 0.255 e. The molecule has 5 heteroatoms. The molecule has 2 aromatic carbocycles. The molecule has 0 aliphatic rings. The molecule has 0 unspecified atom stereocenters. The lowest BCUT2D eigenvalue weighted by Gasteiger charge is -2.07. The molecule has 2 rings (SSSR count). The minimum absolute atomic E-state index is 0.296. The topological polar surface area (TPSA) is 29.1 Å². The molecule has 0 radical (unpaired) electrons. The zero-order valence-electron chi connectivity index (χ0n) is 10.0. The zero-order chi connectivity index (χ0) is 14.0. The molecule has 98 valence electrons. The predicted molar refractivity (Wildman–Crippen MR) is 75.6 cm³/mol. The summed E-state index contributed by atoms with van der Waals surface area (Å²) >= 11 is 11.6. The van der Waals surface area contributed by atoms with Crippen LogP contribution in [0.25, 0.3) is 0 Å². The summed E-state index contributed by atoms with van der Waals surface area (Å²) < 4.78 is 13.4. The molecule has 2 aromatic rings. The second kappa shape index (κ2) is 5.59. The average molecular weight is 298 g/mol. The van der Waals surface area contributed by atoms with Gasteiger partial charge in [-0.05, 0) is 42.8 Å². The van der Waals surface area contributed by atoms with E-state index in [4.69, 9.17) is 23.2 Å². The fourth-order valence-electron chi connectivity index (χ4n) is 1.51. The van der Waals surface area contributed by atoms with Crippen LogP contribution in [0, 0.1) is 12.7 Å². The first-order chi connectivity index (χ1) is 8.97. The van der Waals surface area contributed by atoms with Crippen molar-refractivity contribution in [2.45, 2.75) is 6.92 Å². The highest BCUT2D eigenvalue weighted by Gasteiger charge is 2.09. The van der Waals surface area contributed by atoms with E-state index < -0.39 is 0 Å². The molecule has 2 nitrogen and oxygen atoms in total. The number of carbonyl (C=O) groups is 1. The van der Waals surface area contributed by atoms with Crippen LogP contribution in [0.2, 0.25) is 10.0 Å². The monoisotopic (exact) mass is 297 g/mol. The van der Waals surface area contributed by atoms with Crippen LogP contribution in [-0.4, -0.2) is 5.91 Å². The smallest absolute Gasteiger partial charge is 0.255 e. The fraction of sp³-hybridized carbons (Fsp3) is 0.0714. The summed E-state index contributed by atoms with van der Waals surface area (Å²) in [6.07, 6.45) is 0. The third-order valence-corrected chi connectivity index (χ3v) is 3.35. The molecule has 0 heterocycles. The number of halogens is 3. The molecule has 1 N–H and O–H groups in total. The van der Waals surface area contributed by atoms with Crippen LogP contribution in [0.4, 0.5) is 10.1 Å². The van der Waals surface area contributed by atoms with Gasteiger partial charge in [0.05, 0.1) is 10.0 Å². The van der Waals surface area contributed by atoms with E-state index in [9.17, 15) is 9.18 Å². The van der Waals surface area contributed by atoms with Crippen molar-refractivity contribution in [2.75, 3.05) is 5.32 Å². The Morgan fingerprint density at radius 3 is 2.47 bits per heavy atom. The van der Waals surface area contributed by atoms with Gasteiger partial charge in [-0.3, -0.25) is 4.79 Å². The largest absolute Gasteiger partial charge is 0.322 e. The van der Waals surface area contributed by atoms with Crippen LogP contribution in [0.5, 0.6) is 0 Å². The quantitative estimate of drug-likeness (QED) is 0.856. The van der Waals surface area contributed by atoms with Crippen molar-refractivity contribution in [1.29, 1.82) is 0 Å². The highest BCUT2D eigenvalue weighted by Crippen LogP contribution is 2.23. The van der Waals surface area contributed by atoms with Crippen molar-refractivity contribution in [1.82, 2.24) is 0 Å². The second-order valence-electron chi connectivity index (χ2n) is 4.05. The lowest BCUT2D eigenvalue weighted by atomic mass is 10.2. The number of nitrogens with one attached hydrogen (secondary N) is 1. The van der Waals surface area contributed by atoms with Crippen molar-refractivity contribution in [3.63, 3.8) is 0 Å². The van der Waals surface area contributed by atoms with E-state index in [2.05, 4.69) is 5.32 Å². The Morgan fingerprint density at radius 1 is 1.11 bits per heavy atom. The molecule has 19 heavy (non-hydrogen) atoms. The number of hydrogen-bond donors (Lipinski definition) is 1. The van der Waals surface area contributed by atoms with E-state index in [-0.39, 0.29) is 11.7 Å². The Morgan fingerprint density at radius 2 is 1.84 bits per heavy atom. The van der Waals surface area contributed by atoms with Gasteiger partial charge in [-0.15, -0.1) is 0 Å². The van der Waals surface area contributed by atoms with Crippen molar-refractivity contribution >= 4 is 34.8 Å². The molecule has 0 bridgehead atoms. The van der Waals surface area contributed by atoms with Crippen LogP contribution in [0.15, 0.2) is 36.4 Å². The van der Waals surface area contributed by atoms with E-state index in [0.29, 0.717) is 26.9 Å². The van der Waals surface area contributed by atoms with Gasteiger partial charge >= 0.3 is 0 Å². The van der Waals surface area contributed by atoms with Gasteiger partial charge in [-0.1, -0.05) is 29.3 Å². The Hall–Kier alpha value is -1.58. The maximum absolute atomic E-state index is 13.4. The summed E-state index contributed by atoms with van der Waals surface area (Å²) in [5.74, 6) is -0.742. The highest BCUT2D eigenvalue weighted by molar-refractivity contribution is 6.42. The molecular weight excluding hydrogens is 288 g/mol. The Labute approximate surface area is 120 Å². The summed E-state index contributed by atoms with van der Waals surface area (Å²) in [5, 5.41) is 3.26. The van der Waals surface area contributed by atoms with Crippen LogP contribution >= 0.6 is 23.2 Å². The molecule has 1 amide bonds. The average Bonchev–Trinajstić information content (AvgIpc) is 2.37. The molecule has 0 aromatic heterocycles. The Kier molecular flexibility index (Phi) is 4.08. The standard InChI is InChI=1S/C14H10Cl2FNO/c1-8-2-4-10(7-13(8)17)18-14(19)9-3-5-11(15)12(16)6-9/h2-7H,1H3,(H,18,19). The molecule has 0 fully saturated rings. The summed E-state index contributed by atoms with van der Waals surface area (Å²) in [4.78, 5) is 11.9. The van der Waals surface area contributed by atoms with Gasteiger partial charge in [0.2, 0.25) is 0 Å². The Bertz CT molecular complexity index is 643. The fourth-order valence-corrected chi connectivity index (χ4v) is 1.81. The van der Waals surface area contributed by atoms with Crippen molar-refractivity contribution in [3.05, 3.63) is 63.4 Å². The minimum atomic E-state index is -0.373. The van der Waals surface area contributed by atoms with E-state index in [1.165, 1.54) is 18.2 Å². The van der Waals surface area contributed by atoms with Crippen molar-refractivity contribution in [3.8, 4) is 0 Å². The van der Waals surface area contributed by atoms with Gasteiger partial charge < -0.3 is 5.32 Å². The molecule has 0 spiro atoms. The lowest BCUT2D eigenvalue weighted by Crippen LogP contribution is -2.12. The SMILES string of the molecule is Cc1ccc(NC(=O)c2ccc(Cl)c(Cl)c2)cc1F. The van der Waals surface area contributed by atoms with Gasteiger partial charge in [0, 0.05) is 11.3 Å². The van der Waals surface area contributed by atoms with Gasteiger partial charge in [0.15, 0.2) is 0 Å². The number of benzene rings is 2. The van der Waals surface area contributed by atoms with Gasteiger partial charge in [0.1, 0.15) is 5.82 Å². The normalized spacial score (nSPS) is 10.3. The van der Waals surface area contributed by atoms with Gasteiger partial charge in [0.25, 0.3) is 5.91 Å². The molecule has 0 aliphatic heterocycles. The van der Waals surface area contributed by atoms with Crippen molar-refractivity contribution in [2.24, 2.45) is 0 Å². The highest BCUT2D eigenvalue weighted by atomic mass is 35.5. The number of aryl methyl sites for hydroxylation is 1. The third kappa shape index (κ3) is 3.25. The number of rotatable bonds is 2. The third-order valence-electron chi connectivity index (χ3n) is 2.61. The molecule has 0 aliphatic carbocycles. The van der Waals surface area contributed by atoms with Crippen LogP contribution in [0.3, 0.4) is 0 Å². The number of hydrogen-bond acceptors (Lipinski definition) is 1. The lowest BCUT2D eigenvalue weighted by molar-refractivity contribution is 0.102. The first-order valence-corrected chi connectivity index (χ1v) is 6.25. The molecule has 0 atom stereocenters. The second-order valence-corrected chi connectivity index (χ2v) is 4.86. The summed E-state index contributed by atoms with van der Waals surface area (Å²) in [7, 11) is 0. The Balaban J connectivity index is 2.20. The molecular formula is C14H10Cl2FNO. The zero-order valence-corrected chi connectivity index (χ0v) is 11.5. The summed E-state index contributed by atoms with van der Waals surface area (Å²) in [6, 6.07) is 9.05. The minimum Gasteiger partial charge on any atom is -0.322 e. The van der Waals surface area contributed by atoms with Crippen LogP contribution < -0.4 is 5.32 Å².